The van der Waals surface area contributed by atoms with E-state index in [0.717, 1.165) is 5.56 Å². The lowest BCUT2D eigenvalue weighted by Crippen LogP contribution is -1.74. The normalized spacial score (nSPS) is 7.85. The Labute approximate surface area is 78.4 Å². The molecular formula is C12H10O. The molecule has 0 aliphatic heterocycles. The van der Waals surface area contributed by atoms with Gasteiger partial charge in [0.1, 0.15) is 6.61 Å². The molecule has 0 bridgehead atoms. The molecule has 0 spiro atoms. The van der Waals surface area contributed by atoms with Gasteiger partial charge in [0.15, 0.2) is 0 Å². The fourth-order valence-electron chi connectivity index (χ4n) is 0.824. The van der Waals surface area contributed by atoms with E-state index in [4.69, 9.17) is 5.11 Å². The molecule has 0 saturated heterocycles. The summed E-state index contributed by atoms with van der Waals surface area (Å²) in [6.45, 7) is 1.89. The van der Waals surface area contributed by atoms with E-state index < -0.39 is 0 Å². The van der Waals surface area contributed by atoms with Gasteiger partial charge in [-0.2, -0.15) is 0 Å². The molecule has 0 unspecified atom stereocenters. The number of aryl methyl sites for hydroxylation is 1. The zero-order valence-corrected chi connectivity index (χ0v) is 7.46. The molecule has 0 saturated carbocycles. The van der Waals surface area contributed by atoms with Crippen LogP contribution in [-0.4, -0.2) is 11.7 Å². The summed E-state index contributed by atoms with van der Waals surface area (Å²) in [7, 11) is 0. The van der Waals surface area contributed by atoms with Crippen molar-refractivity contribution in [1.82, 2.24) is 0 Å². The van der Waals surface area contributed by atoms with Crippen LogP contribution in [0.1, 0.15) is 11.1 Å². The molecule has 1 rings (SSSR count). The lowest BCUT2D eigenvalue weighted by molar-refractivity contribution is 0.350. The standard InChI is InChI=1S/C12H10O/c1-11-6-8-12(9-7-11)5-3-2-4-10-13/h6-9,13H,10H2,1H3. The maximum absolute atomic E-state index is 8.36. The number of aliphatic hydroxyl groups is 1. The second-order valence-corrected chi connectivity index (χ2v) is 2.58. The summed E-state index contributed by atoms with van der Waals surface area (Å²) in [5.74, 6) is 10.5. The molecule has 0 aromatic heterocycles. The summed E-state index contributed by atoms with van der Waals surface area (Å²) >= 11 is 0. The molecule has 0 heterocycles. The summed E-state index contributed by atoms with van der Waals surface area (Å²) < 4.78 is 0. The monoisotopic (exact) mass is 170 g/mol. The molecule has 1 aromatic carbocycles. The molecule has 0 aliphatic rings. The SMILES string of the molecule is Cc1ccc(C#CC#CCO)cc1. The maximum Gasteiger partial charge on any atom is 0.105 e. The molecule has 0 aliphatic carbocycles. The van der Waals surface area contributed by atoms with Gasteiger partial charge in [-0.15, -0.1) is 0 Å². The third kappa shape index (κ3) is 3.47. The Morgan fingerprint density at radius 1 is 1.15 bits per heavy atom. The molecule has 1 heteroatoms. The predicted octanol–water partition coefficient (Wildman–Crippen LogP) is 1.34. The van der Waals surface area contributed by atoms with Crippen LogP contribution in [0.15, 0.2) is 24.3 Å². The number of hydrogen-bond acceptors (Lipinski definition) is 1. The average molecular weight is 170 g/mol. The molecule has 64 valence electrons. The van der Waals surface area contributed by atoms with E-state index in [0.29, 0.717) is 0 Å². The molecule has 0 fully saturated rings. The first kappa shape index (κ1) is 9.39. The van der Waals surface area contributed by atoms with Crippen molar-refractivity contribution in [2.45, 2.75) is 6.92 Å². The summed E-state index contributed by atoms with van der Waals surface area (Å²) in [5.41, 5.74) is 2.16. The lowest BCUT2D eigenvalue weighted by Gasteiger charge is -1.90. The van der Waals surface area contributed by atoms with Crippen LogP contribution in [0.5, 0.6) is 0 Å². The van der Waals surface area contributed by atoms with Crippen molar-refractivity contribution in [3.8, 4) is 23.7 Å². The first-order chi connectivity index (χ1) is 6.33. The van der Waals surface area contributed by atoms with Crippen molar-refractivity contribution in [2.24, 2.45) is 0 Å². The topological polar surface area (TPSA) is 20.2 Å². The van der Waals surface area contributed by atoms with Crippen LogP contribution in [0.4, 0.5) is 0 Å². The van der Waals surface area contributed by atoms with Gasteiger partial charge in [0.2, 0.25) is 0 Å². The Kier molecular flexibility index (Phi) is 3.64. The van der Waals surface area contributed by atoms with Crippen molar-refractivity contribution in [3.63, 3.8) is 0 Å². The summed E-state index contributed by atoms with van der Waals surface area (Å²) in [6, 6.07) is 7.90. The van der Waals surface area contributed by atoms with Gasteiger partial charge in [-0.25, -0.2) is 0 Å². The Morgan fingerprint density at radius 3 is 2.46 bits per heavy atom. The van der Waals surface area contributed by atoms with Crippen LogP contribution in [0, 0.1) is 30.6 Å². The van der Waals surface area contributed by atoms with E-state index in [1.165, 1.54) is 5.56 Å². The minimum atomic E-state index is -0.136. The third-order valence-corrected chi connectivity index (χ3v) is 1.49. The largest absolute Gasteiger partial charge is 0.384 e. The second-order valence-electron chi connectivity index (χ2n) is 2.58. The van der Waals surface area contributed by atoms with E-state index in [2.05, 4.69) is 23.7 Å². The van der Waals surface area contributed by atoms with E-state index in [9.17, 15) is 0 Å². The molecule has 1 N–H and O–H groups in total. The second kappa shape index (κ2) is 5.04. The van der Waals surface area contributed by atoms with Crippen molar-refractivity contribution >= 4 is 0 Å². The molecule has 1 nitrogen and oxygen atoms in total. The van der Waals surface area contributed by atoms with E-state index in [-0.39, 0.29) is 6.61 Å². The number of aliphatic hydroxyl groups excluding tert-OH is 1. The van der Waals surface area contributed by atoms with Gasteiger partial charge >= 0.3 is 0 Å². The van der Waals surface area contributed by atoms with Gasteiger partial charge in [-0.3, -0.25) is 0 Å². The highest BCUT2D eigenvalue weighted by molar-refractivity contribution is 5.40. The first-order valence-corrected chi connectivity index (χ1v) is 3.99. The third-order valence-electron chi connectivity index (χ3n) is 1.49. The molecule has 1 aromatic rings. The fourth-order valence-corrected chi connectivity index (χ4v) is 0.824. The highest BCUT2D eigenvalue weighted by Gasteiger charge is 1.84. The van der Waals surface area contributed by atoms with Crippen LogP contribution < -0.4 is 0 Å². The number of hydrogen-bond donors (Lipinski definition) is 1. The zero-order chi connectivity index (χ0) is 9.52. The average Bonchev–Trinajstić information content (AvgIpc) is 2.15. The Bertz CT molecular complexity index is 379. The molecule has 13 heavy (non-hydrogen) atoms. The van der Waals surface area contributed by atoms with Crippen LogP contribution in [0.25, 0.3) is 0 Å². The van der Waals surface area contributed by atoms with Gasteiger partial charge in [-0.1, -0.05) is 29.5 Å². The minimum absolute atomic E-state index is 0.136. The molecule has 0 atom stereocenters. The van der Waals surface area contributed by atoms with E-state index >= 15 is 0 Å². The number of benzene rings is 1. The maximum atomic E-state index is 8.36. The zero-order valence-electron chi connectivity index (χ0n) is 7.46. The predicted molar refractivity (Wildman–Crippen MR) is 52.9 cm³/mol. The fraction of sp³-hybridized carbons (Fsp3) is 0.167. The minimum Gasteiger partial charge on any atom is -0.384 e. The van der Waals surface area contributed by atoms with Gasteiger partial charge in [0, 0.05) is 5.56 Å². The summed E-state index contributed by atoms with van der Waals surface area (Å²) in [4.78, 5) is 0. The Hall–Kier alpha value is -1.70. The Morgan fingerprint density at radius 2 is 1.85 bits per heavy atom. The highest BCUT2D eigenvalue weighted by Crippen LogP contribution is 2.00. The van der Waals surface area contributed by atoms with E-state index in [1.807, 2.05) is 31.2 Å². The van der Waals surface area contributed by atoms with Crippen molar-refractivity contribution < 1.29 is 5.11 Å². The van der Waals surface area contributed by atoms with Crippen molar-refractivity contribution in [2.75, 3.05) is 6.61 Å². The van der Waals surface area contributed by atoms with Crippen LogP contribution in [0.3, 0.4) is 0 Å². The van der Waals surface area contributed by atoms with Crippen LogP contribution >= 0.6 is 0 Å². The highest BCUT2D eigenvalue weighted by atomic mass is 16.2. The van der Waals surface area contributed by atoms with Crippen molar-refractivity contribution in [1.29, 1.82) is 0 Å². The van der Waals surface area contributed by atoms with Crippen molar-refractivity contribution in [3.05, 3.63) is 35.4 Å². The van der Waals surface area contributed by atoms with Gasteiger partial charge in [0.05, 0.1) is 0 Å². The van der Waals surface area contributed by atoms with Gasteiger partial charge in [0.25, 0.3) is 0 Å². The number of rotatable bonds is 0. The molecular weight excluding hydrogens is 160 g/mol. The van der Waals surface area contributed by atoms with Crippen LogP contribution in [0.2, 0.25) is 0 Å². The molecule has 0 radical (unpaired) electrons. The van der Waals surface area contributed by atoms with Gasteiger partial charge in [-0.05, 0) is 30.9 Å². The lowest BCUT2D eigenvalue weighted by atomic mass is 10.2. The molecule has 0 amide bonds. The summed E-state index contributed by atoms with van der Waals surface area (Å²) in [5, 5.41) is 8.36. The smallest absolute Gasteiger partial charge is 0.105 e. The first-order valence-electron chi connectivity index (χ1n) is 3.99. The quantitative estimate of drug-likeness (QED) is 0.582. The van der Waals surface area contributed by atoms with E-state index in [1.54, 1.807) is 0 Å². The Balaban J connectivity index is 2.72. The van der Waals surface area contributed by atoms with Crippen LogP contribution in [-0.2, 0) is 0 Å². The van der Waals surface area contributed by atoms with Gasteiger partial charge < -0.3 is 5.11 Å². The summed E-state index contributed by atoms with van der Waals surface area (Å²) in [6.07, 6.45) is 0.